The number of nitrogens with zero attached hydrogens (tertiary/aromatic N) is 2. The van der Waals surface area contributed by atoms with Gasteiger partial charge in [-0.2, -0.15) is 0 Å². The van der Waals surface area contributed by atoms with Gasteiger partial charge in [-0.05, 0) is 46.9 Å². The van der Waals surface area contributed by atoms with Gasteiger partial charge in [0, 0.05) is 22.1 Å². The van der Waals surface area contributed by atoms with Gasteiger partial charge in [0.2, 0.25) is 0 Å². The van der Waals surface area contributed by atoms with Crippen molar-refractivity contribution in [2.45, 2.75) is 12.8 Å². The highest BCUT2D eigenvalue weighted by molar-refractivity contribution is 14.1. The third kappa shape index (κ3) is 4.07. The lowest BCUT2D eigenvalue weighted by atomic mass is 10.2. The van der Waals surface area contributed by atoms with Crippen LogP contribution in [0.1, 0.15) is 17.8 Å². The zero-order valence-corrected chi connectivity index (χ0v) is 16.0. The molecule has 0 atom stereocenters. The second-order valence-corrected chi connectivity index (χ2v) is 6.84. The predicted octanol–water partition coefficient (Wildman–Crippen LogP) is 3.74. The van der Waals surface area contributed by atoms with Crippen molar-refractivity contribution in [1.82, 2.24) is 14.9 Å². The third-order valence-electron chi connectivity index (χ3n) is 3.92. The van der Waals surface area contributed by atoms with E-state index in [1.165, 1.54) is 22.8 Å². The number of nitrogens with one attached hydrogen (secondary N) is 1. The van der Waals surface area contributed by atoms with Gasteiger partial charge in [-0.25, -0.2) is 18.6 Å². The zero-order chi connectivity index (χ0) is 19.6. The number of carboxylic acid groups (broad SMARTS) is 1. The minimum Gasteiger partial charge on any atom is -0.465 e. The van der Waals surface area contributed by atoms with E-state index in [1.807, 2.05) is 0 Å². The van der Waals surface area contributed by atoms with Crippen molar-refractivity contribution in [2.75, 3.05) is 6.54 Å². The van der Waals surface area contributed by atoms with Gasteiger partial charge in [-0.3, -0.25) is 9.36 Å². The fraction of sp³-hybridized carbons (Fsp3) is 0.167. The summed E-state index contributed by atoms with van der Waals surface area (Å²) in [6.45, 7) is 0.0330. The number of rotatable bonds is 5. The van der Waals surface area contributed by atoms with E-state index in [4.69, 9.17) is 5.11 Å². The summed E-state index contributed by atoms with van der Waals surface area (Å²) in [6, 6.07) is 10.7. The zero-order valence-electron chi connectivity index (χ0n) is 13.8. The van der Waals surface area contributed by atoms with Crippen LogP contribution in [0.15, 0.2) is 47.3 Å². The van der Waals surface area contributed by atoms with Gasteiger partial charge >= 0.3 is 6.09 Å². The Kier molecular flexibility index (Phi) is 5.68. The Balaban J connectivity index is 2.22. The Morgan fingerprint density at radius 1 is 1.26 bits per heavy atom. The first-order valence-electron chi connectivity index (χ1n) is 7.94. The fourth-order valence-electron chi connectivity index (χ4n) is 2.73. The SMILES string of the molecule is O=C(O)NCCc1nc2c(I)cccc2c(=O)n1-c1cccc(C(F)F)c1. The molecular weight excluding hydrogens is 471 g/mol. The lowest BCUT2D eigenvalue weighted by molar-refractivity contribution is 0.151. The van der Waals surface area contributed by atoms with E-state index in [-0.39, 0.29) is 30.0 Å². The van der Waals surface area contributed by atoms with Crippen molar-refractivity contribution in [1.29, 1.82) is 0 Å². The number of alkyl halides is 2. The summed E-state index contributed by atoms with van der Waals surface area (Å²) in [7, 11) is 0. The minimum atomic E-state index is -2.67. The van der Waals surface area contributed by atoms with Gasteiger partial charge in [0.15, 0.2) is 0 Å². The summed E-state index contributed by atoms with van der Waals surface area (Å²) in [4.78, 5) is 28.3. The van der Waals surface area contributed by atoms with Gasteiger partial charge in [-0.15, -0.1) is 0 Å². The molecule has 0 bridgehead atoms. The van der Waals surface area contributed by atoms with Crippen molar-refractivity contribution < 1.29 is 18.7 Å². The van der Waals surface area contributed by atoms with Crippen molar-refractivity contribution >= 4 is 39.6 Å². The standard InChI is InChI=1S/C18H14F2IN3O3/c19-16(20)10-3-1-4-11(9-10)24-14(7-8-22-18(26)27)23-15-12(17(24)25)5-2-6-13(15)21/h1-6,9,16,22H,7-8H2,(H,26,27). The molecule has 0 saturated heterocycles. The van der Waals surface area contributed by atoms with Crippen LogP contribution in [0.2, 0.25) is 0 Å². The lowest BCUT2D eigenvalue weighted by Gasteiger charge is -2.15. The number of fused-ring (bicyclic) bond motifs is 1. The van der Waals surface area contributed by atoms with Gasteiger partial charge in [0.05, 0.1) is 16.6 Å². The Morgan fingerprint density at radius 3 is 2.70 bits per heavy atom. The Bertz CT molecular complexity index is 1070. The highest BCUT2D eigenvalue weighted by Crippen LogP contribution is 2.23. The number of halogens is 3. The molecule has 9 heteroatoms. The first-order valence-corrected chi connectivity index (χ1v) is 9.02. The molecule has 2 aromatic carbocycles. The summed E-state index contributed by atoms with van der Waals surface area (Å²) >= 11 is 2.06. The van der Waals surface area contributed by atoms with Crippen molar-refractivity contribution in [3.05, 3.63) is 67.8 Å². The van der Waals surface area contributed by atoms with E-state index in [1.54, 1.807) is 24.3 Å². The van der Waals surface area contributed by atoms with Gasteiger partial charge in [0.1, 0.15) is 5.82 Å². The minimum absolute atomic E-state index is 0.0330. The van der Waals surface area contributed by atoms with E-state index in [0.29, 0.717) is 10.9 Å². The molecule has 0 aliphatic rings. The number of para-hydroxylation sites is 1. The second-order valence-electron chi connectivity index (χ2n) is 5.68. The molecule has 0 aliphatic carbocycles. The summed E-state index contributed by atoms with van der Waals surface area (Å²) in [5.74, 6) is 0.289. The number of hydrogen-bond donors (Lipinski definition) is 2. The maximum absolute atomic E-state index is 13.1. The molecule has 0 aliphatic heterocycles. The monoisotopic (exact) mass is 485 g/mol. The van der Waals surface area contributed by atoms with Crippen molar-refractivity contribution in [2.24, 2.45) is 0 Å². The van der Waals surface area contributed by atoms with Gasteiger partial charge in [0.25, 0.3) is 12.0 Å². The van der Waals surface area contributed by atoms with Crippen LogP contribution in [0.3, 0.4) is 0 Å². The molecule has 6 nitrogen and oxygen atoms in total. The van der Waals surface area contributed by atoms with Gasteiger partial charge < -0.3 is 10.4 Å². The summed E-state index contributed by atoms with van der Waals surface area (Å²) in [5, 5.41) is 11.3. The summed E-state index contributed by atoms with van der Waals surface area (Å²) < 4.78 is 28.2. The molecule has 3 aromatic rings. The Hall–Kier alpha value is -2.56. The largest absolute Gasteiger partial charge is 0.465 e. The second kappa shape index (κ2) is 7.99. The first-order chi connectivity index (χ1) is 12.9. The number of aromatic nitrogens is 2. The normalized spacial score (nSPS) is 11.1. The number of carbonyl (C=O) groups is 1. The number of hydrogen-bond acceptors (Lipinski definition) is 3. The fourth-order valence-corrected chi connectivity index (χ4v) is 3.35. The van der Waals surface area contributed by atoms with Crippen molar-refractivity contribution in [3.8, 4) is 5.69 Å². The molecule has 0 fully saturated rings. The Labute approximate surface area is 166 Å². The predicted molar refractivity (Wildman–Crippen MR) is 105 cm³/mol. The van der Waals surface area contributed by atoms with E-state index in [0.717, 1.165) is 3.57 Å². The molecule has 3 rings (SSSR count). The summed E-state index contributed by atoms with van der Waals surface area (Å²) in [5.41, 5.74) is 0.151. The lowest BCUT2D eigenvalue weighted by Crippen LogP contribution is -2.29. The Morgan fingerprint density at radius 2 is 2.00 bits per heavy atom. The van der Waals surface area contributed by atoms with Crippen LogP contribution in [0.4, 0.5) is 13.6 Å². The average Bonchev–Trinajstić information content (AvgIpc) is 2.62. The van der Waals surface area contributed by atoms with E-state index >= 15 is 0 Å². The molecule has 140 valence electrons. The third-order valence-corrected chi connectivity index (χ3v) is 4.79. The van der Waals surface area contributed by atoms with Crippen LogP contribution in [-0.2, 0) is 6.42 Å². The van der Waals surface area contributed by atoms with Crippen LogP contribution in [0.5, 0.6) is 0 Å². The number of benzene rings is 2. The molecule has 0 saturated carbocycles. The molecular formula is C18H14F2IN3O3. The van der Waals surface area contributed by atoms with Crippen LogP contribution in [-0.4, -0.2) is 27.3 Å². The van der Waals surface area contributed by atoms with E-state index in [2.05, 4.69) is 32.9 Å². The van der Waals surface area contributed by atoms with Crippen LogP contribution >= 0.6 is 22.6 Å². The first kappa shape index (κ1) is 19.2. The molecule has 1 amide bonds. The summed E-state index contributed by atoms with van der Waals surface area (Å²) in [6.07, 6.45) is -3.74. The smallest absolute Gasteiger partial charge is 0.404 e. The highest BCUT2D eigenvalue weighted by atomic mass is 127. The maximum Gasteiger partial charge on any atom is 0.404 e. The quantitative estimate of drug-likeness (QED) is 0.540. The van der Waals surface area contributed by atoms with Crippen LogP contribution < -0.4 is 10.9 Å². The van der Waals surface area contributed by atoms with Crippen molar-refractivity contribution in [3.63, 3.8) is 0 Å². The van der Waals surface area contributed by atoms with E-state index in [9.17, 15) is 18.4 Å². The molecule has 0 unspecified atom stereocenters. The molecule has 0 spiro atoms. The average molecular weight is 485 g/mol. The van der Waals surface area contributed by atoms with Crippen LogP contribution in [0.25, 0.3) is 16.6 Å². The van der Waals surface area contributed by atoms with Gasteiger partial charge in [-0.1, -0.05) is 18.2 Å². The topological polar surface area (TPSA) is 84.2 Å². The maximum atomic E-state index is 13.1. The highest BCUT2D eigenvalue weighted by Gasteiger charge is 2.16. The molecule has 27 heavy (non-hydrogen) atoms. The van der Waals surface area contributed by atoms with E-state index < -0.39 is 18.1 Å². The molecule has 2 N–H and O–H groups in total. The molecule has 1 heterocycles. The van der Waals surface area contributed by atoms with Crippen LogP contribution in [0, 0.1) is 3.57 Å². The molecule has 1 aromatic heterocycles. The number of amides is 1. The molecule has 0 radical (unpaired) electrons.